The molecule has 0 aromatic rings. The molecular formula is C4H11ClNOPS. The van der Waals surface area contributed by atoms with Crippen LogP contribution in [0.4, 0.5) is 0 Å². The Morgan fingerprint density at radius 2 is 2.22 bits per heavy atom. The first kappa shape index (κ1) is 9.83. The third kappa shape index (κ3) is 8.83. The molecule has 0 rings (SSSR count). The van der Waals surface area contributed by atoms with Gasteiger partial charge in [-0.25, -0.2) is 5.09 Å². The summed E-state index contributed by atoms with van der Waals surface area (Å²) in [5.41, 5.74) is 0. The molecular weight excluding hydrogens is 177 g/mol. The maximum absolute atomic E-state index is 10.6. The van der Waals surface area contributed by atoms with Crippen molar-refractivity contribution in [2.75, 3.05) is 6.54 Å². The van der Waals surface area contributed by atoms with E-state index >= 15 is 0 Å². The average molecular weight is 188 g/mol. The zero-order valence-electron chi connectivity index (χ0n) is 5.47. The normalized spacial score (nSPS) is 17.9. The fraction of sp³-hybridized carbons (Fsp3) is 1.00. The van der Waals surface area contributed by atoms with Crippen molar-refractivity contribution >= 4 is 29.3 Å². The van der Waals surface area contributed by atoms with Gasteiger partial charge in [-0.3, -0.25) is 4.57 Å². The Hall–Kier alpha value is 0.830. The fourth-order valence-electron chi connectivity index (χ4n) is 0.295. The van der Waals surface area contributed by atoms with Crippen LogP contribution in [-0.4, -0.2) is 6.54 Å². The summed E-state index contributed by atoms with van der Waals surface area (Å²) in [6.07, 6.45) is 0. The van der Waals surface area contributed by atoms with E-state index < -0.39 is 5.85 Å². The second-order valence-corrected chi connectivity index (χ2v) is 7.40. The fourth-order valence-corrected chi connectivity index (χ4v) is 1.34. The van der Waals surface area contributed by atoms with E-state index in [1.807, 2.05) is 13.8 Å². The Bertz CT molecular complexity index is 124. The van der Waals surface area contributed by atoms with Crippen molar-refractivity contribution in [1.29, 1.82) is 0 Å². The van der Waals surface area contributed by atoms with Crippen LogP contribution in [0.3, 0.4) is 0 Å². The second-order valence-electron chi connectivity index (χ2n) is 2.26. The Labute approximate surface area is 65.7 Å². The quantitative estimate of drug-likeness (QED) is 0.525. The highest BCUT2D eigenvalue weighted by molar-refractivity contribution is 8.55. The molecule has 1 unspecified atom stereocenters. The lowest BCUT2D eigenvalue weighted by Gasteiger charge is -2.07. The van der Waals surface area contributed by atoms with E-state index in [0.29, 0.717) is 12.5 Å². The number of nitrogens with one attached hydrogen (secondary N) is 1. The van der Waals surface area contributed by atoms with Crippen molar-refractivity contribution in [1.82, 2.24) is 5.09 Å². The zero-order chi connectivity index (χ0) is 7.49. The van der Waals surface area contributed by atoms with Gasteiger partial charge in [0.05, 0.1) is 0 Å². The summed E-state index contributed by atoms with van der Waals surface area (Å²) in [6, 6.07) is 0. The van der Waals surface area contributed by atoms with E-state index in [1.165, 1.54) is 0 Å². The molecule has 0 heterocycles. The van der Waals surface area contributed by atoms with E-state index in [9.17, 15) is 4.57 Å². The molecule has 56 valence electrons. The molecule has 0 radical (unpaired) electrons. The summed E-state index contributed by atoms with van der Waals surface area (Å²) in [6.45, 7) is 4.66. The van der Waals surface area contributed by atoms with Gasteiger partial charge in [-0.1, -0.05) is 26.1 Å². The van der Waals surface area contributed by atoms with Gasteiger partial charge in [0.15, 0.2) is 0 Å². The molecule has 9 heavy (non-hydrogen) atoms. The van der Waals surface area contributed by atoms with Crippen molar-refractivity contribution in [3.05, 3.63) is 0 Å². The van der Waals surface area contributed by atoms with Gasteiger partial charge in [-0.05, 0) is 17.2 Å². The predicted octanol–water partition coefficient (Wildman–Crippen LogP) is 2.51. The van der Waals surface area contributed by atoms with Crippen LogP contribution in [0.2, 0.25) is 0 Å². The average Bonchev–Trinajstić information content (AvgIpc) is 1.59. The third-order valence-corrected chi connectivity index (χ3v) is 2.05. The highest BCUT2D eigenvalue weighted by Gasteiger charge is 2.09. The topological polar surface area (TPSA) is 29.1 Å². The number of hydrogen-bond donors (Lipinski definition) is 2. The minimum atomic E-state index is -2.80. The molecule has 0 amide bonds. The van der Waals surface area contributed by atoms with E-state index in [2.05, 4.69) is 17.3 Å². The monoisotopic (exact) mass is 187 g/mol. The minimum absolute atomic E-state index is 0.448. The SMILES string of the molecule is CC(C)CNP(=O)(S)Cl. The molecule has 5 heteroatoms. The first-order valence-electron chi connectivity index (χ1n) is 2.69. The maximum Gasteiger partial charge on any atom is 0.283 e. The Morgan fingerprint density at radius 3 is 2.33 bits per heavy atom. The van der Waals surface area contributed by atoms with Gasteiger partial charge in [0.25, 0.3) is 5.85 Å². The summed E-state index contributed by atoms with van der Waals surface area (Å²) in [4.78, 5) is 0. The molecule has 0 saturated heterocycles. The van der Waals surface area contributed by atoms with Crippen LogP contribution >= 0.6 is 29.3 Å². The molecule has 0 fully saturated rings. The molecule has 0 aliphatic rings. The van der Waals surface area contributed by atoms with Crippen LogP contribution in [0.15, 0.2) is 0 Å². The summed E-state index contributed by atoms with van der Waals surface area (Å²) >= 11 is 8.93. The lowest BCUT2D eigenvalue weighted by molar-refractivity contribution is 0.570. The van der Waals surface area contributed by atoms with Gasteiger partial charge >= 0.3 is 0 Å². The van der Waals surface area contributed by atoms with Crippen LogP contribution in [0.25, 0.3) is 0 Å². The van der Waals surface area contributed by atoms with Gasteiger partial charge in [-0.2, -0.15) is 0 Å². The van der Waals surface area contributed by atoms with Gasteiger partial charge < -0.3 is 0 Å². The second kappa shape index (κ2) is 3.87. The number of rotatable bonds is 3. The summed E-state index contributed by atoms with van der Waals surface area (Å²) < 4.78 is 10.6. The van der Waals surface area contributed by atoms with Crippen molar-refractivity contribution in [3.63, 3.8) is 0 Å². The van der Waals surface area contributed by atoms with Crippen molar-refractivity contribution in [2.24, 2.45) is 5.92 Å². The summed E-state index contributed by atoms with van der Waals surface area (Å²) in [5.74, 6) is -2.35. The summed E-state index contributed by atoms with van der Waals surface area (Å²) in [7, 11) is 0. The minimum Gasteiger partial charge on any atom is -0.277 e. The van der Waals surface area contributed by atoms with Crippen LogP contribution in [0.1, 0.15) is 13.8 Å². The van der Waals surface area contributed by atoms with Gasteiger partial charge in [0, 0.05) is 6.54 Å². The van der Waals surface area contributed by atoms with Gasteiger partial charge in [0.2, 0.25) is 0 Å². The predicted molar refractivity (Wildman–Crippen MR) is 45.3 cm³/mol. The molecule has 0 aliphatic heterocycles. The Morgan fingerprint density at radius 1 is 1.78 bits per heavy atom. The summed E-state index contributed by atoms with van der Waals surface area (Å²) in [5, 5.41) is 2.61. The van der Waals surface area contributed by atoms with E-state index in [4.69, 9.17) is 11.2 Å². The van der Waals surface area contributed by atoms with E-state index in [1.54, 1.807) is 0 Å². The standard InChI is InChI=1S/C4H11ClNOPS/c1-4(2)3-6-8(5,7)9/h4H,3H2,1-2H3,(H2,6,7,9). The molecule has 2 nitrogen and oxygen atoms in total. The van der Waals surface area contributed by atoms with E-state index in [-0.39, 0.29) is 0 Å². The zero-order valence-corrected chi connectivity index (χ0v) is 8.01. The number of thiol groups is 1. The molecule has 1 N–H and O–H groups in total. The molecule has 0 aromatic heterocycles. The lowest BCUT2D eigenvalue weighted by atomic mass is 10.2. The lowest BCUT2D eigenvalue weighted by Crippen LogP contribution is -2.12. The van der Waals surface area contributed by atoms with Crippen LogP contribution in [0.5, 0.6) is 0 Å². The highest BCUT2D eigenvalue weighted by Crippen LogP contribution is 2.51. The van der Waals surface area contributed by atoms with E-state index in [0.717, 1.165) is 0 Å². The molecule has 0 saturated carbocycles. The third-order valence-electron chi connectivity index (χ3n) is 0.695. The van der Waals surface area contributed by atoms with Crippen LogP contribution in [-0.2, 0) is 4.57 Å². The largest absolute Gasteiger partial charge is 0.283 e. The molecule has 1 atom stereocenters. The molecule has 0 bridgehead atoms. The number of halogens is 1. The first-order valence-corrected chi connectivity index (χ1v) is 6.46. The van der Waals surface area contributed by atoms with Crippen LogP contribution in [0, 0.1) is 5.92 Å². The Kier molecular flexibility index (Phi) is 4.22. The smallest absolute Gasteiger partial charge is 0.277 e. The number of hydrogen-bond acceptors (Lipinski definition) is 1. The molecule has 0 aromatic carbocycles. The highest BCUT2D eigenvalue weighted by atomic mass is 35.7. The van der Waals surface area contributed by atoms with Crippen LogP contribution < -0.4 is 5.09 Å². The van der Waals surface area contributed by atoms with Gasteiger partial charge in [0.1, 0.15) is 0 Å². The Balaban J connectivity index is 3.40. The van der Waals surface area contributed by atoms with Crippen molar-refractivity contribution < 1.29 is 4.57 Å². The molecule has 0 spiro atoms. The van der Waals surface area contributed by atoms with Crippen molar-refractivity contribution in [2.45, 2.75) is 13.8 Å². The molecule has 0 aliphatic carbocycles. The van der Waals surface area contributed by atoms with Gasteiger partial charge in [-0.15, -0.1) is 0 Å². The maximum atomic E-state index is 10.6. The first-order chi connectivity index (χ1) is 3.92. The van der Waals surface area contributed by atoms with Crippen molar-refractivity contribution in [3.8, 4) is 0 Å².